The number of amides is 1. The number of carbonyl (C=O) groups is 1. The summed E-state index contributed by atoms with van der Waals surface area (Å²) in [5.74, 6) is 1.53. The van der Waals surface area contributed by atoms with Gasteiger partial charge >= 0.3 is 0 Å². The first-order chi connectivity index (χ1) is 13.7. The summed E-state index contributed by atoms with van der Waals surface area (Å²) in [6.07, 6.45) is 4.57. The van der Waals surface area contributed by atoms with Crippen LogP contribution in [0.5, 0.6) is 5.75 Å². The van der Waals surface area contributed by atoms with Gasteiger partial charge in [-0.2, -0.15) is 4.98 Å². The molecule has 6 nitrogen and oxygen atoms in total. The second kappa shape index (κ2) is 8.25. The van der Waals surface area contributed by atoms with E-state index in [9.17, 15) is 4.79 Å². The fraction of sp³-hybridized carbons (Fsp3) is 0.318. The predicted octanol–water partition coefficient (Wildman–Crippen LogP) is 3.94. The zero-order valence-electron chi connectivity index (χ0n) is 15.9. The van der Waals surface area contributed by atoms with Crippen molar-refractivity contribution in [3.05, 3.63) is 65.0 Å². The van der Waals surface area contributed by atoms with E-state index in [1.54, 1.807) is 0 Å². The van der Waals surface area contributed by atoms with Gasteiger partial charge in [0, 0.05) is 11.1 Å². The lowest BCUT2D eigenvalue weighted by Gasteiger charge is -2.16. The van der Waals surface area contributed by atoms with E-state index < -0.39 is 0 Å². The molecule has 1 N–H and O–H groups in total. The van der Waals surface area contributed by atoms with Gasteiger partial charge < -0.3 is 14.6 Å². The van der Waals surface area contributed by atoms with E-state index in [0.717, 1.165) is 24.2 Å². The summed E-state index contributed by atoms with van der Waals surface area (Å²) in [6, 6.07) is 13.5. The minimum atomic E-state index is -0.130. The molecule has 1 aliphatic carbocycles. The highest BCUT2D eigenvalue weighted by molar-refractivity contribution is 5.94. The molecule has 0 bridgehead atoms. The lowest BCUT2D eigenvalue weighted by atomic mass is 9.90. The van der Waals surface area contributed by atoms with Gasteiger partial charge in [0.05, 0.1) is 13.2 Å². The van der Waals surface area contributed by atoms with Gasteiger partial charge in [0.25, 0.3) is 5.91 Å². The van der Waals surface area contributed by atoms with E-state index in [-0.39, 0.29) is 12.5 Å². The van der Waals surface area contributed by atoms with Crippen LogP contribution in [0.3, 0.4) is 0 Å². The van der Waals surface area contributed by atoms with Crippen molar-refractivity contribution in [2.45, 2.75) is 39.2 Å². The molecule has 28 heavy (non-hydrogen) atoms. The van der Waals surface area contributed by atoms with Gasteiger partial charge in [-0.25, -0.2) is 0 Å². The number of fused-ring (bicyclic) bond motifs is 1. The standard InChI is InChI=1S/C22H23N3O3/c1-2-27-19-11-9-16(10-12-19)21-24-20(28-25-21)14-23-22(26)18-8-7-15-5-3-4-6-17(15)13-18/h7-13H,2-6,14H2,1H3,(H,23,26). The molecule has 0 spiro atoms. The molecule has 0 saturated carbocycles. The number of hydrogen-bond donors (Lipinski definition) is 1. The third kappa shape index (κ3) is 4.06. The maximum Gasteiger partial charge on any atom is 0.251 e. The molecule has 1 aliphatic rings. The van der Waals surface area contributed by atoms with Gasteiger partial charge in [0.15, 0.2) is 0 Å². The average molecular weight is 377 g/mol. The molecule has 1 aromatic heterocycles. The van der Waals surface area contributed by atoms with Crippen LogP contribution in [0.2, 0.25) is 0 Å². The van der Waals surface area contributed by atoms with Crippen LogP contribution < -0.4 is 10.1 Å². The number of carbonyl (C=O) groups excluding carboxylic acids is 1. The maximum atomic E-state index is 12.5. The first-order valence-corrected chi connectivity index (χ1v) is 9.69. The predicted molar refractivity (Wildman–Crippen MR) is 105 cm³/mol. The van der Waals surface area contributed by atoms with Crippen molar-refractivity contribution in [3.63, 3.8) is 0 Å². The topological polar surface area (TPSA) is 77.3 Å². The molecule has 1 amide bonds. The van der Waals surface area contributed by atoms with Gasteiger partial charge in [0.2, 0.25) is 11.7 Å². The highest BCUT2D eigenvalue weighted by atomic mass is 16.5. The first kappa shape index (κ1) is 18.2. The molecule has 6 heteroatoms. The molecular formula is C22H23N3O3. The lowest BCUT2D eigenvalue weighted by molar-refractivity contribution is 0.0946. The highest BCUT2D eigenvalue weighted by Gasteiger charge is 2.14. The fourth-order valence-corrected chi connectivity index (χ4v) is 3.44. The van der Waals surface area contributed by atoms with Crippen molar-refractivity contribution >= 4 is 5.91 Å². The lowest BCUT2D eigenvalue weighted by Crippen LogP contribution is -2.23. The summed E-state index contributed by atoms with van der Waals surface area (Å²) < 4.78 is 10.7. The number of ether oxygens (including phenoxy) is 1. The Labute approximate surface area is 163 Å². The fourth-order valence-electron chi connectivity index (χ4n) is 3.44. The number of aromatic nitrogens is 2. The van der Waals surface area contributed by atoms with Crippen LogP contribution in [0.1, 0.15) is 47.1 Å². The van der Waals surface area contributed by atoms with E-state index in [4.69, 9.17) is 9.26 Å². The number of hydrogen-bond acceptors (Lipinski definition) is 5. The summed E-state index contributed by atoms with van der Waals surface area (Å²) in [4.78, 5) is 16.8. The van der Waals surface area contributed by atoms with Crippen LogP contribution in [-0.2, 0) is 19.4 Å². The van der Waals surface area contributed by atoms with Gasteiger partial charge in [-0.05, 0) is 80.1 Å². The molecule has 0 aliphatic heterocycles. The number of aryl methyl sites for hydroxylation is 2. The molecule has 0 unspecified atom stereocenters. The molecule has 0 radical (unpaired) electrons. The molecule has 0 fully saturated rings. The van der Waals surface area contributed by atoms with Crippen LogP contribution >= 0.6 is 0 Å². The largest absolute Gasteiger partial charge is 0.494 e. The Balaban J connectivity index is 1.38. The van der Waals surface area contributed by atoms with Crippen molar-refractivity contribution in [3.8, 4) is 17.1 Å². The normalized spacial score (nSPS) is 13.0. The van der Waals surface area contributed by atoms with Gasteiger partial charge in [-0.1, -0.05) is 11.2 Å². The van der Waals surface area contributed by atoms with Crippen LogP contribution in [-0.4, -0.2) is 22.7 Å². The Morgan fingerprint density at radius 3 is 2.68 bits per heavy atom. The van der Waals surface area contributed by atoms with Crippen LogP contribution in [0.15, 0.2) is 47.0 Å². The van der Waals surface area contributed by atoms with Crippen LogP contribution in [0, 0.1) is 0 Å². The maximum absolute atomic E-state index is 12.5. The number of benzene rings is 2. The summed E-state index contributed by atoms with van der Waals surface area (Å²) in [5.41, 5.74) is 4.15. The van der Waals surface area contributed by atoms with Crippen molar-refractivity contribution in [2.24, 2.45) is 0 Å². The Morgan fingerprint density at radius 1 is 1.11 bits per heavy atom. The van der Waals surface area contributed by atoms with Crippen molar-refractivity contribution < 1.29 is 14.1 Å². The first-order valence-electron chi connectivity index (χ1n) is 9.69. The van der Waals surface area contributed by atoms with Gasteiger partial charge in [0.1, 0.15) is 5.75 Å². The summed E-state index contributed by atoms with van der Waals surface area (Å²) in [6.45, 7) is 2.76. The number of rotatable bonds is 6. The van der Waals surface area contributed by atoms with E-state index in [1.807, 2.05) is 43.3 Å². The van der Waals surface area contributed by atoms with Crippen molar-refractivity contribution in [1.29, 1.82) is 0 Å². The molecule has 2 aromatic carbocycles. The Kier molecular flexibility index (Phi) is 5.37. The minimum Gasteiger partial charge on any atom is -0.494 e. The minimum absolute atomic E-state index is 0.130. The van der Waals surface area contributed by atoms with E-state index in [2.05, 4.69) is 21.5 Å². The molecule has 1 heterocycles. The van der Waals surface area contributed by atoms with Crippen molar-refractivity contribution in [1.82, 2.24) is 15.5 Å². The monoisotopic (exact) mass is 377 g/mol. The van der Waals surface area contributed by atoms with E-state index >= 15 is 0 Å². The van der Waals surface area contributed by atoms with Crippen molar-refractivity contribution in [2.75, 3.05) is 6.61 Å². The molecule has 4 rings (SSSR count). The van der Waals surface area contributed by atoms with Crippen LogP contribution in [0.4, 0.5) is 0 Å². The van der Waals surface area contributed by atoms with Gasteiger partial charge in [-0.15, -0.1) is 0 Å². The molecule has 0 atom stereocenters. The summed E-state index contributed by atoms with van der Waals surface area (Å²) in [5, 5.41) is 6.85. The van der Waals surface area contributed by atoms with Crippen LogP contribution in [0.25, 0.3) is 11.4 Å². The molecule has 3 aromatic rings. The Morgan fingerprint density at radius 2 is 1.89 bits per heavy atom. The highest BCUT2D eigenvalue weighted by Crippen LogP contribution is 2.22. The molecule has 144 valence electrons. The summed E-state index contributed by atoms with van der Waals surface area (Å²) in [7, 11) is 0. The zero-order chi connectivity index (χ0) is 19.3. The average Bonchev–Trinajstić information content (AvgIpc) is 3.21. The second-order valence-electron chi connectivity index (χ2n) is 6.84. The van der Waals surface area contributed by atoms with Gasteiger partial charge in [-0.3, -0.25) is 4.79 Å². The number of nitrogens with zero attached hydrogens (tertiary/aromatic N) is 2. The Hall–Kier alpha value is -3.15. The third-order valence-electron chi connectivity index (χ3n) is 4.90. The summed E-state index contributed by atoms with van der Waals surface area (Å²) >= 11 is 0. The smallest absolute Gasteiger partial charge is 0.251 e. The SMILES string of the molecule is CCOc1ccc(-c2noc(CNC(=O)c3ccc4c(c3)CCCC4)n2)cc1. The molecular weight excluding hydrogens is 354 g/mol. The quantitative estimate of drug-likeness (QED) is 0.704. The molecule has 0 saturated heterocycles. The number of nitrogens with one attached hydrogen (secondary N) is 1. The Bertz CT molecular complexity index is 963. The van der Waals surface area contributed by atoms with E-state index in [1.165, 1.54) is 24.0 Å². The zero-order valence-corrected chi connectivity index (χ0v) is 15.9. The second-order valence-corrected chi connectivity index (χ2v) is 6.84. The van der Waals surface area contributed by atoms with E-state index in [0.29, 0.717) is 23.9 Å². The third-order valence-corrected chi connectivity index (χ3v) is 4.90.